The highest BCUT2D eigenvalue weighted by atomic mass is 16.5. The number of Topliss-reactive ketones (excluding diaryl/α,β-unsaturated/α-hetero) is 1. The normalized spacial score (nSPS) is 20.3. The number of aliphatic hydroxyl groups excluding tert-OH is 1. The Balaban J connectivity index is 2.12. The van der Waals surface area contributed by atoms with Crippen molar-refractivity contribution < 1.29 is 35.1 Å². The van der Waals surface area contributed by atoms with Gasteiger partial charge in [0.15, 0.2) is 23.7 Å². The number of aliphatic hydroxyl groups is 1. The summed E-state index contributed by atoms with van der Waals surface area (Å²) in [6, 6.07) is 6.39. The van der Waals surface area contributed by atoms with E-state index in [-0.39, 0.29) is 5.75 Å². The first-order valence-electron chi connectivity index (χ1n) is 6.36. The predicted octanol–water partition coefficient (Wildman–Crippen LogP) is 1.19. The fourth-order valence-electron chi connectivity index (χ4n) is 2.37. The van der Waals surface area contributed by atoms with Crippen LogP contribution in [0.5, 0.6) is 28.7 Å². The van der Waals surface area contributed by atoms with Crippen LogP contribution in [0, 0.1) is 0 Å². The third kappa shape index (κ3) is 1.99. The summed E-state index contributed by atoms with van der Waals surface area (Å²) in [5.41, 5.74) is -0.00985. The topological polar surface area (TPSA) is 127 Å². The van der Waals surface area contributed by atoms with Crippen molar-refractivity contribution >= 4 is 5.78 Å². The summed E-state index contributed by atoms with van der Waals surface area (Å²) in [4.78, 5) is 12.2. The van der Waals surface area contributed by atoms with Crippen molar-refractivity contribution in [2.75, 3.05) is 0 Å². The van der Waals surface area contributed by atoms with E-state index in [1.54, 1.807) is 0 Å². The lowest BCUT2D eigenvalue weighted by Crippen LogP contribution is -2.36. The van der Waals surface area contributed by atoms with Crippen LogP contribution in [-0.4, -0.2) is 37.4 Å². The summed E-state index contributed by atoms with van der Waals surface area (Å²) in [6.07, 6.45) is -2.75. The molecule has 2 unspecified atom stereocenters. The predicted molar refractivity (Wildman–Crippen MR) is 73.2 cm³/mol. The molecule has 7 heteroatoms. The molecule has 0 spiro atoms. The highest BCUT2D eigenvalue weighted by Gasteiger charge is 2.41. The Morgan fingerprint density at radius 3 is 2.23 bits per heavy atom. The monoisotopic (exact) mass is 304 g/mol. The molecule has 3 rings (SSSR count). The molecule has 2 aromatic carbocycles. The van der Waals surface area contributed by atoms with Crippen molar-refractivity contribution in [3.63, 3.8) is 0 Å². The summed E-state index contributed by atoms with van der Waals surface area (Å²) in [5.74, 6) is -3.18. The number of carbonyl (C=O) groups is 1. The van der Waals surface area contributed by atoms with Crippen LogP contribution in [0.1, 0.15) is 22.0 Å². The molecule has 0 fully saturated rings. The molecule has 1 heterocycles. The average Bonchev–Trinajstić information content (AvgIpc) is 2.48. The molecule has 1 aliphatic rings. The molecule has 5 N–H and O–H groups in total. The van der Waals surface area contributed by atoms with Crippen molar-refractivity contribution in [3.8, 4) is 28.7 Å². The van der Waals surface area contributed by atoms with E-state index in [1.165, 1.54) is 24.3 Å². The van der Waals surface area contributed by atoms with Gasteiger partial charge in [0.25, 0.3) is 0 Å². The molecule has 0 saturated heterocycles. The standard InChI is InChI=1S/C15H12O7/c16-7-3-1-6(2-4-7)14-13(21)12(20)10-8(17)5-9(18)11(19)15(10)22-14/h1-5,13-14,16-19,21H. The number of carbonyl (C=O) groups excluding carboxylic acids is 1. The van der Waals surface area contributed by atoms with Gasteiger partial charge in [0, 0.05) is 6.07 Å². The first-order valence-corrected chi connectivity index (χ1v) is 6.36. The lowest BCUT2D eigenvalue weighted by atomic mass is 9.92. The zero-order valence-corrected chi connectivity index (χ0v) is 11.1. The lowest BCUT2D eigenvalue weighted by molar-refractivity contribution is 0.0198. The van der Waals surface area contributed by atoms with E-state index >= 15 is 0 Å². The number of aromatic hydroxyl groups is 4. The van der Waals surface area contributed by atoms with Gasteiger partial charge < -0.3 is 30.3 Å². The number of fused-ring (bicyclic) bond motifs is 1. The van der Waals surface area contributed by atoms with Gasteiger partial charge in [0.1, 0.15) is 17.1 Å². The van der Waals surface area contributed by atoms with Crippen molar-refractivity contribution in [2.24, 2.45) is 0 Å². The molecule has 2 aromatic rings. The molecule has 0 aliphatic carbocycles. The Hall–Kier alpha value is -2.93. The molecule has 1 aliphatic heterocycles. The van der Waals surface area contributed by atoms with Gasteiger partial charge in [-0.1, -0.05) is 12.1 Å². The Bertz CT molecular complexity index is 751. The number of ether oxygens (including phenoxy) is 1. The van der Waals surface area contributed by atoms with E-state index in [0.29, 0.717) is 5.56 Å². The van der Waals surface area contributed by atoms with Crippen molar-refractivity contribution in [2.45, 2.75) is 12.2 Å². The van der Waals surface area contributed by atoms with Gasteiger partial charge in [-0.3, -0.25) is 4.79 Å². The van der Waals surface area contributed by atoms with E-state index in [0.717, 1.165) is 6.07 Å². The fourth-order valence-corrected chi connectivity index (χ4v) is 2.37. The third-order valence-corrected chi connectivity index (χ3v) is 3.48. The summed E-state index contributed by atoms with van der Waals surface area (Å²) in [5, 5.41) is 48.4. The second kappa shape index (κ2) is 4.81. The van der Waals surface area contributed by atoms with Crippen LogP contribution >= 0.6 is 0 Å². The molecular weight excluding hydrogens is 292 g/mol. The van der Waals surface area contributed by atoms with E-state index in [9.17, 15) is 30.3 Å². The van der Waals surface area contributed by atoms with Crippen LogP contribution < -0.4 is 4.74 Å². The van der Waals surface area contributed by atoms with E-state index < -0.39 is 46.6 Å². The van der Waals surface area contributed by atoms with Gasteiger partial charge in [-0.25, -0.2) is 0 Å². The van der Waals surface area contributed by atoms with Crippen molar-refractivity contribution in [3.05, 3.63) is 41.5 Å². The largest absolute Gasteiger partial charge is 0.508 e. The van der Waals surface area contributed by atoms with Gasteiger partial charge in [0.2, 0.25) is 11.5 Å². The van der Waals surface area contributed by atoms with Crippen molar-refractivity contribution in [1.82, 2.24) is 0 Å². The molecule has 2 atom stereocenters. The van der Waals surface area contributed by atoms with Crippen LogP contribution in [0.25, 0.3) is 0 Å². The van der Waals surface area contributed by atoms with Gasteiger partial charge >= 0.3 is 0 Å². The SMILES string of the molecule is O=C1c2c(O)cc(O)c(O)c2OC(c2ccc(O)cc2)C1O. The highest BCUT2D eigenvalue weighted by molar-refractivity contribution is 6.06. The van der Waals surface area contributed by atoms with Gasteiger partial charge in [-0.2, -0.15) is 0 Å². The summed E-state index contributed by atoms with van der Waals surface area (Å²) in [7, 11) is 0. The molecule has 0 amide bonds. The number of ketones is 1. The van der Waals surface area contributed by atoms with E-state index in [4.69, 9.17) is 4.74 Å². The number of phenolic OH excluding ortho intramolecular Hbond substituents is 4. The second-order valence-corrected chi connectivity index (χ2v) is 4.91. The van der Waals surface area contributed by atoms with E-state index in [2.05, 4.69) is 0 Å². The van der Waals surface area contributed by atoms with Crippen LogP contribution in [0.15, 0.2) is 30.3 Å². The zero-order chi connectivity index (χ0) is 16.0. The fraction of sp³-hybridized carbons (Fsp3) is 0.133. The number of hydrogen-bond acceptors (Lipinski definition) is 7. The number of hydrogen-bond donors (Lipinski definition) is 5. The zero-order valence-electron chi connectivity index (χ0n) is 11.1. The third-order valence-electron chi connectivity index (χ3n) is 3.48. The Morgan fingerprint density at radius 2 is 1.59 bits per heavy atom. The number of benzene rings is 2. The molecule has 114 valence electrons. The Kier molecular flexibility index (Phi) is 3.07. The summed E-state index contributed by atoms with van der Waals surface area (Å²) < 4.78 is 5.41. The van der Waals surface area contributed by atoms with Gasteiger partial charge in [-0.05, 0) is 17.7 Å². The van der Waals surface area contributed by atoms with Crippen LogP contribution in [0.4, 0.5) is 0 Å². The number of phenols is 4. The Labute approximate surface area is 124 Å². The molecule has 22 heavy (non-hydrogen) atoms. The molecule has 0 aromatic heterocycles. The van der Waals surface area contributed by atoms with E-state index in [1.807, 2.05) is 0 Å². The number of rotatable bonds is 1. The molecule has 7 nitrogen and oxygen atoms in total. The molecule has 0 saturated carbocycles. The summed E-state index contributed by atoms with van der Waals surface area (Å²) in [6.45, 7) is 0. The van der Waals surface area contributed by atoms with Crippen LogP contribution in [0.2, 0.25) is 0 Å². The minimum absolute atomic E-state index is 0.00101. The maximum absolute atomic E-state index is 12.2. The van der Waals surface area contributed by atoms with Gasteiger partial charge in [-0.15, -0.1) is 0 Å². The second-order valence-electron chi connectivity index (χ2n) is 4.91. The average molecular weight is 304 g/mol. The van der Waals surface area contributed by atoms with Gasteiger partial charge in [0.05, 0.1) is 0 Å². The first-order chi connectivity index (χ1) is 10.4. The molecule has 0 bridgehead atoms. The minimum Gasteiger partial charge on any atom is -0.508 e. The van der Waals surface area contributed by atoms with Crippen LogP contribution in [0.3, 0.4) is 0 Å². The highest BCUT2D eigenvalue weighted by Crippen LogP contribution is 2.49. The lowest BCUT2D eigenvalue weighted by Gasteiger charge is -2.30. The molecule has 0 radical (unpaired) electrons. The molecular formula is C15H12O7. The smallest absolute Gasteiger partial charge is 0.203 e. The maximum Gasteiger partial charge on any atom is 0.203 e. The first kappa shape index (κ1) is 14.0. The van der Waals surface area contributed by atoms with Crippen LogP contribution in [-0.2, 0) is 0 Å². The summed E-state index contributed by atoms with van der Waals surface area (Å²) >= 11 is 0. The quantitative estimate of drug-likeness (QED) is 0.395. The minimum atomic E-state index is -1.60. The van der Waals surface area contributed by atoms with Crippen molar-refractivity contribution in [1.29, 1.82) is 0 Å². The maximum atomic E-state index is 12.2. The Morgan fingerprint density at radius 1 is 0.955 bits per heavy atom.